The zero-order valence-electron chi connectivity index (χ0n) is 10.8. The lowest BCUT2D eigenvalue weighted by Gasteiger charge is -2.49. The summed E-state index contributed by atoms with van der Waals surface area (Å²) in [5, 5.41) is 9.00. The van der Waals surface area contributed by atoms with Crippen molar-refractivity contribution in [3.05, 3.63) is 29.3 Å². The summed E-state index contributed by atoms with van der Waals surface area (Å²) in [6.45, 7) is 3.16. The molecule has 0 saturated carbocycles. The van der Waals surface area contributed by atoms with Crippen LogP contribution < -0.4 is 4.90 Å². The molecule has 1 saturated heterocycles. The van der Waals surface area contributed by atoms with Crippen LogP contribution >= 0.6 is 0 Å². The van der Waals surface area contributed by atoms with Crippen LogP contribution in [0.3, 0.4) is 0 Å². The maximum atomic E-state index is 11.0. The third-order valence-electron chi connectivity index (χ3n) is 3.40. The number of aryl methyl sites for hydroxylation is 1. The molecule has 0 aromatic heterocycles. The first kappa shape index (κ1) is 12.9. The number of rotatable bonds is 4. The van der Waals surface area contributed by atoms with Crippen LogP contribution in [0.5, 0.6) is 0 Å². The van der Waals surface area contributed by atoms with E-state index in [1.807, 2.05) is 13.0 Å². The van der Waals surface area contributed by atoms with Crippen LogP contribution in [-0.4, -0.2) is 44.2 Å². The lowest BCUT2D eigenvalue weighted by atomic mass is 10.0. The molecule has 1 aromatic carbocycles. The van der Waals surface area contributed by atoms with Gasteiger partial charge in [-0.05, 0) is 24.6 Å². The summed E-state index contributed by atoms with van der Waals surface area (Å²) >= 11 is 0. The fourth-order valence-corrected chi connectivity index (χ4v) is 2.13. The molecular formula is C13H17NO4. The Hall–Kier alpha value is -1.59. The van der Waals surface area contributed by atoms with Crippen molar-refractivity contribution in [1.82, 2.24) is 0 Å². The monoisotopic (exact) mass is 251 g/mol. The second-order valence-electron chi connectivity index (χ2n) is 4.48. The van der Waals surface area contributed by atoms with Crippen molar-refractivity contribution in [2.75, 3.05) is 32.2 Å². The van der Waals surface area contributed by atoms with E-state index >= 15 is 0 Å². The van der Waals surface area contributed by atoms with Gasteiger partial charge in [-0.2, -0.15) is 0 Å². The summed E-state index contributed by atoms with van der Waals surface area (Å²) in [5.74, 6) is -1.48. The Morgan fingerprint density at radius 3 is 2.44 bits per heavy atom. The molecule has 1 heterocycles. The van der Waals surface area contributed by atoms with Crippen LogP contribution in [0.4, 0.5) is 5.69 Å². The SMILES string of the molecule is COC1(OC)CN(c2cc(C(=O)O)ccc2C)C1. The summed E-state index contributed by atoms with van der Waals surface area (Å²) < 4.78 is 10.6. The lowest BCUT2D eigenvalue weighted by molar-refractivity contribution is -0.219. The Morgan fingerprint density at radius 2 is 1.94 bits per heavy atom. The number of hydrogen-bond donors (Lipinski definition) is 1. The van der Waals surface area contributed by atoms with Gasteiger partial charge in [-0.1, -0.05) is 6.07 Å². The molecular weight excluding hydrogens is 234 g/mol. The van der Waals surface area contributed by atoms with Gasteiger partial charge in [-0.3, -0.25) is 0 Å². The molecule has 1 aliphatic heterocycles. The molecule has 2 rings (SSSR count). The number of ether oxygens (including phenoxy) is 2. The fraction of sp³-hybridized carbons (Fsp3) is 0.462. The average molecular weight is 251 g/mol. The quantitative estimate of drug-likeness (QED) is 0.822. The molecule has 98 valence electrons. The highest BCUT2D eigenvalue weighted by Crippen LogP contribution is 2.33. The summed E-state index contributed by atoms with van der Waals surface area (Å²) in [5.41, 5.74) is 2.25. The number of anilines is 1. The van der Waals surface area contributed by atoms with Gasteiger partial charge < -0.3 is 19.5 Å². The molecule has 0 aliphatic carbocycles. The molecule has 1 N–H and O–H groups in total. The summed E-state index contributed by atoms with van der Waals surface area (Å²) in [6, 6.07) is 5.12. The van der Waals surface area contributed by atoms with E-state index in [9.17, 15) is 4.79 Å². The van der Waals surface area contributed by atoms with Gasteiger partial charge in [0.05, 0.1) is 18.7 Å². The third kappa shape index (κ3) is 2.07. The zero-order chi connectivity index (χ0) is 13.3. The Bertz CT molecular complexity index is 460. The van der Waals surface area contributed by atoms with E-state index < -0.39 is 11.8 Å². The van der Waals surface area contributed by atoms with E-state index in [1.165, 1.54) is 0 Å². The number of hydrogen-bond acceptors (Lipinski definition) is 4. The van der Waals surface area contributed by atoms with Crippen LogP contribution in [0.25, 0.3) is 0 Å². The van der Waals surface area contributed by atoms with Gasteiger partial charge in [0.15, 0.2) is 0 Å². The van der Waals surface area contributed by atoms with Gasteiger partial charge in [-0.15, -0.1) is 0 Å². The normalized spacial score (nSPS) is 17.4. The maximum absolute atomic E-state index is 11.0. The highest BCUT2D eigenvalue weighted by Gasteiger charge is 2.44. The van der Waals surface area contributed by atoms with Crippen LogP contribution in [0.15, 0.2) is 18.2 Å². The molecule has 18 heavy (non-hydrogen) atoms. The number of methoxy groups -OCH3 is 2. The van der Waals surface area contributed by atoms with Crippen molar-refractivity contribution in [2.45, 2.75) is 12.7 Å². The molecule has 0 radical (unpaired) electrons. The van der Waals surface area contributed by atoms with Crippen molar-refractivity contribution >= 4 is 11.7 Å². The standard InChI is InChI=1S/C13H17NO4/c1-9-4-5-10(12(15)16)6-11(9)14-7-13(8-14,17-2)18-3/h4-6H,7-8H2,1-3H3,(H,15,16). The van der Waals surface area contributed by atoms with Crippen molar-refractivity contribution in [3.63, 3.8) is 0 Å². The van der Waals surface area contributed by atoms with Crippen molar-refractivity contribution in [3.8, 4) is 0 Å². The van der Waals surface area contributed by atoms with Crippen molar-refractivity contribution in [1.29, 1.82) is 0 Å². The van der Waals surface area contributed by atoms with Gasteiger partial charge in [0, 0.05) is 19.9 Å². The molecule has 5 nitrogen and oxygen atoms in total. The summed E-state index contributed by atoms with van der Waals surface area (Å²) in [6.07, 6.45) is 0. The molecule has 1 fully saturated rings. The summed E-state index contributed by atoms with van der Waals surface area (Å²) in [7, 11) is 3.22. The largest absolute Gasteiger partial charge is 0.478 e. The average Bonchev–Trinajstić information content (AvgIpc) is 2.30. The Kier molecular flexibility index (Phi) is 3.28. The van der Waals surface area contributed by atoms with Gasteiger partial charge in [0.1, 0.15) is 0 Å². The first-order valence-corrected chi connectivity index (χ1v) is 5.70. The minimum Gasteiger partial charge on any atom is -0.478 e. The van der Waals surface area contributed by atoms with E-state index in [4.69, 9.17) is 14.6 Å². The highest BCUT2D eigenvalue weighted by atomic mass is 16.7. The number of carboxylic acids is 1. The predicted molar refractivity (Wildman–Crippen MR) is 67.1 cm³/mol. The molecule has 5 heteroatoms. The van der Waals surface area contributed by atoms with E-state index in [0.29, 0.717) is 18.7 Å². The summed E-state index contributed by atoms with van der Waals surface area (Å²) in [4.78, 5) is 13.0. The molecule has 1 aromatic rings. The molecule has 1 aliphatic rings. The number of carboxylic acid groups (broad SMARTS) is 1. The Morgan fingerprint density at radius 1 is 1.33 bits per heavy atom. The molecule has 0 atom stereocenters. The molecule has 0 spiro atoms. The molecule has 0 unspecified atom stereocenters. The number of benzene rings is 1. The zero-order valence-corrected chi connectivity index (χ0v) is 10.8. The Labute approximate surface area is 106 Å². The fourth-order valence-electron chi connectivity index (χ4n) is 2.13. The maximum Gasteiger partial charge on any atom is 0.335 e. The number of carbonyl (C=O) groups is 1. The minimum atomic E-state index is -0.915. The van der Waals surface area contributed by atoms with E-state index in [1.54, 1.807) is 26.4 Å². The number of aromatic carboxylic acids is 1. The lowest BCUT2D eigenvalue weighted by Crippen LogP contribution is -2.64. The molecule has 0 amide bonds. The van der Waals surface area contributed by atoms with E-state index in [-0.39, 0.29) is 0 Å². The van der Waals surface area contributed by atoms with Crippen molar-refractivity contribution < 1.29 is 19.4 Å². The predicted octanol–water partition coefficient (Wildman–Crippen LogP) is 1.50. The van der Waals surface area contributed by atoms with Gasteiger partial charge in [-0.25, -0.2) is 4.79 Å². The van der Waals surface area contributed by atoms with Gasteiger partial charge in [0.25, 0.3) is 0 Å². The first-order valence-electron chi connectivity index (χ1n) is 5.70. The number of nitrogens with zero attached hydrogens (tertiary/aromatic N) is 1. The topological polar surface area (TPSA) is 59.0 Å². The highest BCUT2D eigenvalue weighted by molar-refractivity contribution is 5.89. The van der Waals surface area contributed by atoms with Gasteiger partial charge in [0.2, 0.25) is 5.79 Å². The van der Waals surface area contributed by atoms with Crippen LogP contribution in [0.2, 0.25) is 0 Å². The van der Waals surface area contributed by atoms with Crippen LogP contribution in [-0.2, 0) is 9.47 Å². The molecule has 0 bridgehead atoms. The van der Waals surface area contributed by atoms with Crippen LogP contribution in [0, 0.1) is 6.92 Å². The van der Waals surface area contributed by atoms with E-state index in [0.717, 1.165) is 11.3 Å². The Balaban J connectivity index is 2.21. The van der Waals surface area contributed by atoms with Gasteiger partial charge >= 0.3 is 5.97 Å². The van der Waals surface area contributed by atoms with Crippen molar-refractivity contribution in [2.24, 2.45) is 0 Å². The second kappa shape index (κ2) is 4.59. The minimum absolute atomic E-state index is 0.294. The third-order valence-corrected chi connectivity index (χ3v) is 3.40. The smallest absolute Gasteiger partial charge is 0.335 e. The second-order valence-corrected chi connectivity index (χ2v) is 4.48. The van der Waals surface area contributed by atoms with Crippen LogP contribution in [0.1, 0.15) is 15.9 Å². The first-order chi connectivity index (χ1) is 8.51. The van der Waals surface area contributed by atoms with E-state index in [2.05, 4.69) is 4.90 Å².